The van der Waals surface area contributed by atoms with Crippen LogP contribution in [0.2, 0.25) is 0 Å². The zero-order valence-corrected chi connectivity index (χ0v) is 14.9. The predicted octanol–water partition coefficient (Wildman–Crippen LogP) is 4.50. The average Bonchev–Trinajstić information content (AvgIpc) is 2.75. The quantitative estimate of drug-likeness (QED) is 0.838. The summed E-state index contributed by atoms with van der Waals surface area (Å²) in [5.41, 5.74) is 3.60. The molecule has 116 valence electrons. The van der Waals surface area contributed by atoms with Crippen LogP contribution in [0, 0.1) is 30.6 Å². The van der Waals surface area contributed by atoms with Crippen LogP contribution < -0.4 is 0 Å². The maximum atomic E-state index is 12.3. The minimum absolute atomic E-state index is 0.153. The second-order valence-corrected chi connectivity index (χ2v) is 7.78. The van der Waals surface area contributed by atoms with E-state index in [1.54, 1.807) is 0 Å². The van der Waals surface area contributed by atoms with Crippen molar-refractivity contribution < 1.29 is 4.79 Å². The number of Topliss-reactive ketones (excluding diaryl/α,β-unsaturated/α-hetero) is 1. The number of pyridine rings is 1. The molecule has 4 heteroatoms. The molecule has 0 N–H and O–H groups in total. The molecule has 2 heterocycles. The van der Waals surface area contributed by atoms with E-state index >= 15 is 0 Å². The first-order valence-electron chi connectivity index (χ1n) is 7.55. The lowest BCUT2D eigenvalue weighted by atomic mass is 9.88. The number of aryl methyl sites for hydroxylation is 2. The number of aromatic nitrogens is 1. The van der Waals surface area contributed by atoms with Crippen molar-refractivity contribution in [1.29, 1.82) is 5.26 Å². The summed E-state index contributed by atoms with van der Waals surface area (Å²) in [5, 5.41) is 10.5. The average molecular weight is 314 g/mol. The van der Waals surface area contributed by atoms with E-state index < -0.39 is 5.41 Å². The number of nitriles is 1. The van der Waals surface area contributed by atoms with Gasteiger partial charge in [-0.3, -0.25) is 4.79 Å². The van der Waals surface area contributed by atoms with E-state index in [9.17, 15) is 10.1 Å². The van der Waals surface area contributed by atoms with Gasteiger partial charge in [-0.05, 0) is 31.4 Å². The Balaban J connectivity index is 2.66. The molecule has 0 radical (unpaired) electrons. The number of hydrogen-bond acceptors (Lipinski definition) is 4. The van der Waals surface area contributed by atoms with E-state index in [0.717, 1.165) is 32.8 Å². The standard InChI is InChI=1S/C18H22N2OS/c1-7-12-10(2)16-13(9-19)14(8-15(21)18(4,5)6)22-17(16)20-11(12)3/h7-8H2,1-6H3. The van der Waals surface area contributed by atoms with E-state index in [-0.39, 0.29) is 5.78 Å². The number of fused-ring (bicyclic) bond motifs is 1. The first kappa shape index (κ1) is 16.6. The van der Waals surface area contributed by atoms with Crippen molar-refractivity contribution >= 4 is 27.3 Å². The lowest BCUT2D eigenvalue weighted by molar-refractivity contribution is -0.125. The Morgan fingerprint density at radius 2 is 1.95 bits per heavy atom. The van der Waals surface area contributed by atoms with Crippen molar-refractivity contribution in [2.45, 2.75) is 54.4 Å². The molecule has 2 aromatic heterocycles. The number of carbonyl (C=O) groups is 1. The molecule has 0 aliphatic carbocycles. The van der Waals surface area contributed by atoms with E-state index in [0.29, 0.717) is 12.0 Å². The molecule has 22 heavy (non-hydrogen) atoms. The van der Waals surface area contributed by atoms with Crippen molar-refractivity contribution in [2.75, 3.05) is 0 Å². The molecule has 0 saturated carbocycles. The van der Waals surface area contributed by atoms with E-state index in [1.807, 2.05) is 27.7 Å². The number of hydrogen-bond donors (Lipinski definition) is 0. The fourth-order valence-corrected chi connectivity index (χ4v) is 3.93. The second-order valence-electron chi connectivity index (χ2n) is 6.70. The summed E-state index contributed by atoms with van der Waals surface area (Å²) in [4.78, 5) is 18.7. The highest BCUT2D eigenvalue weighted by Crippen LogP contribution is 2.35. The van der Waals surface area contributed by atoms with Gasteiger partial charge in [0.2, 0.25) is 0 Å². The summed E-state index contributed by atoms with van der Waals surface area (Å²) < 4.78 is 0. The minimum Gasteiger partial charge on any atom is -0.299 e. The molecule has 0 saturated heterocycles. The first-order valence-corrected chi connectivity index (χ1v) is 8.37. The van der Waals surface area contributed by atoms with Crippen molar-refractivity contribution in [3.05, 3.63) is 27.3 Å². The van der Waals surface area contributed by atoms with Crippen LogP contribution in [0.1, 0.15) is 55.0 Å². The predicted molar refractivity (Wildman–Crippen MR) is 91.4 cm³/mol. The zero-order valence-electron chi connectivity index (χ0n) is 14.1. The highest BCUT2D eigenvalue weighted by Gasteiger charge is 2.25. The van der Waals surface area contributed by atoms with Gasteiger partial charge in [0.05, 0.1) is 5.56 Å². The monoisotopic (exact) mass is 314 g/mol. The van der Waals surface area contributed by atoms with Gasteiger partial charge >= 0.3 is 0 Å². The number of ketones is 1. The molecular formula is C18H22N2OS. The van der Waals surface area contributed by atoms with Crippen LogP contribution in [0.15, 0.2) is 0 Å². The van der Waals surface area contributed by atoms with Gasteiger partial charge in [0, 0.05) is 27.8 Å². The van der Waals surface area contributed by atoms with Crippen LogP contribution in [0.4, 0.5) is 0 Å². The summed E-state index contributed by atoms with van der Waals surface area (Å²) >= 11 is 1.49. The molecule has 0 aliphatic rings. The van der Waals surface area contributed by atoms with E-state index in [4.69, 9.17) is 0 Å². The third-order valence-electron chi connectivity index (χ3n) is 4.12. The smallest absolute Gasteiger partial charge is 0.143 e. The molecule has 0 unspecified atom stereocenters. The number of rotatable bonds is 3. The van der Waals surface area contributed by atoms with Crippen LogP contribution >= 0.6 is 11.3 Å². The molecular weight excluding hydrogens is 292 g/mol. The summed E-state index contributed by atoms with van der Waals surface area (Å²) in [5.74, 6) is 0.153. The van der Waals surface area contributed by atoms with E-state index in [1.165, 1.54) is 16.9 Å². The minimum atomic E-state index is -0.393. The van der Waals surface area contributed by atoms with Crippen LogP contribution in [0.3, 0.4) is 0 Å². The fraction of sp³-hybridized carbons (Fsp3) is 0.500. The Morgan fingerprint density at radius 3 is 2.45 bits per heavy atom. The zero-order chi connectivity index (χ0) is 16.7. The SMILES string of the molecule is CCc1c(C)nc2sc(CC(=O)C(C)(C)C)c(C#N)c2c1C. The molecule has 0 spiro atoms. The maximum absolute atomic E-state index is 12.3. The van der Waals surface area contributed by atoms with Crippen molar-refractivity contribution in [1.82, 2.24) is 4.98 Å². The third kappa shape index (κ3) is 2.78. The second kappa shape index (κ2) is 5.81. The fourth-order valence-electron chi connectivity index (χ4n) is 2.71. The normalized spacial score (nSPS) is 11.7. The van der Waals surface area contributed by atoms with Gasteiger partial charge in [-0.15, -0.1) is 11.3 Å². The Hall–Kier alpha value is -1.73. The van der Waals surface area contributed by atoms with Crippen LogP contribution in [-0.2, 0) is 17.6 Å². The highest BCUT2D eigenvalue weighted by atomic mass is 32.1. The van der Waals surface area contributed by atoms with Gasteiger partial charge in [0.1, 0.15) is 16.7 Å². The summed E-state index contributed by atoms with van der Waals surface area (Å²) in [7, 11) is 0. The van der Waals surface area contributed by atoms with Gasteiger partial charge in [0.25, 0.3) is 0 Å². The van der Waals surface area contributed by atoms with Crippen LogP contribution in [0.25, 0.3) is 10.2 Å². The molecule has 0 fully saturated rings. The molecule has 0 amide bonds. The molecule has 0 aromatic carbocycles. The first-order chi connectivity index (χ1) is 10.2. The molecule has 0 aliphatic heterocycles. The van der Waals surface area contributed by atoms with Gasteiger partial charge in [-0.25, -0.2) is 4.98 Å². The summed E-state index contributed by atoms with van der Waals surface area (Å²) in [6.07, 6.45) is 1.21. The molecule has 3 nitrogen and oxygen atoms in total. The molecule has 0 atom stereocenters. The largest absolute Gasteiger partial charge is 0.299 e. The summed E-state index contributed by atoms with van der Waals surface area (Å²) in [6.45, 7) is 11.9. The number of carbonyl (C=O) groups excluding carboxylic acids is 1. The van der Waals surface area contributed by atoms with Crippen LogP contribution in [-0.4, -0.2) is 10.8 Å². The number of thiophene rings is 1. The highest BCUT2D eigenvalue weighted by molar-refractivity contribution is 7.19. The van der Waals surface area contributed by atoms with Gasteiger partial charge in [-0.1, -0.05) is 27.7 Å². The third-order valence-corrected chi connectivity index (χ3v) is 5.20. The van der Waals surface area contributed by atoms with Gasteiger partial charge in [0.15, 0.2) is 0 Å². The van der Waals surface area contributed by atoms with Crippen molar-refractivity contribution in [3.63, 3.8) is 0 Å². The number of nitrogens with zero attached hydrogens (tertiary/aromatic N) is 2. The molecule has 0 bridgehead atoms. The van der Waals surface area contributed by atoms with Crippen LogP contribution in [0.5, 0.6) is 0 Å². The van der Waals surface area contributed by atoms with Crippen molar-refractivity contribution in [3.8, 4) is 6.07 Å². The molecule has 2 aromatic rings. The Bertz CT molecular complexity index is 788. The van der Waals surface area contributed by atoms with Crippen molar-refractivity contribution in [2.24, 2.45) is 5.41 Å². The Morgan fingerprint density at radius 1 is 1.32 bits per heavy atom. The van der Waals surface area contributed by atoms with Gasteiger partial charge < -0.3 is 0 Å². The topological polar surface area (TPSA) is 53.8 Å². The lowest BCUT2D eigenvalue weighted by Crippen LogP contribution is -2.21. The van der Waals surface area contributed by atoms with Gasteiger partial charge in [-0.2, -0.15) is 5.26 Å². The Kier molecular flexibility index (Phi) is 4.39. The van der Waals surface area contributed by atoms with E-state index in [2.05, 4.69) is 24.9 Å². The lowest BCUT2D eigenvalue weighted by Gasteiger charge is -2.15. The Labute approximate surface area is 136 Å². The molecule has 2 rings (SSSR count). The summed E-state index contributed by atoms with van der Waals surface area (Å²) in [6, 6.07) is 2.31. The maximum Gasteiger partial charge on any atom is 0.143 e.